The average Bonchev–Trinajstić information content (AvgIpc) is 2.63. The number of hydrogen-bond acceptors (Lipinski definition) is 2. The van der Waals surface area contributed by atoms with Crippen LogP contribution in [0.15, 0.2) is 0 Å². The van der Waals surface area contributed by atoms with Gasteiger partial charge in [0.05, 0.1) is 12.2 Å². The number of alkyl halides is 6. The lowest BCUT2D eigenvalue weighted by Crippen LogP contribution is -2.58. The van der Waals surface area contributed by atoms with Crippen molar-refractivity contribution in [2.45, 2.75) is 37.4 Å². The fraction of sp³-hybridized carbons (Fsp3) is 1.00. The first kappa shape index (κ1) is 12.9. The quantitative estimate of drug-likeness (QED) is 0.656. The molecule has 2 fully saturated rings. The summed E-state index contributed by atoms with van der Waals surface area (Å²) in [5, 5.41) is 18.6. The Morgan fingerprint density at radius 1 is 0.882 bits per heavy atom. The van der Waals surface area contributed by atoms with Crippen molar-refractivity contribution < 1.29 is 36.6 Å². The minimum absolute atomic E-state index is 0.443. The molecule has 2 N–H and O–H groups in total. The molecule has 0 amide bonds. The van der Waals surface area contributed by atoms with E-state index in [9.17, 15) is 36.6 Å². The molecule has 2 nitrogen and oxygen atoms in total. The summed E-state index contributed by atoms with van der Waals surface area (Å²) in [5.74, 6) is -3.14. The third-order valence-corrected chi connectivity index (χ3v) is 4.03. The Balaban J connectivity index is 2.47. The average molecular weight is 264 g/mol. The largest absolute Gasteiger partial charge is 0.403 e. The smallest absolute Gasteiger partial charge is 0.390 e. The summed E-state index contributed by atoms with van der Waals surface area (Å²) in [7, 11) is 0. The van der Waals surface area contributed by atoms with Crippen molar-refractivity contribution in [1.29, 1.82) is 0 Å². The normalized spacial score (nSPS) is 40.9. The van der Waals surface area contributed by atoms with E-state index in [0.29, 0.717) is 0 Å². The standard InChI is InChI=1S/C9H10F6O2/c10-8(11,12)7(9(13,14)15)2-3-1-4(7)6(17)5(3)16/h3-6,16-17H,1-2H2. The van der Waals surface area contributed by atoms with E-state index < -0.39 is 54.7 Å². The second-order valence-corrected chi connectivity index (χ2v) is 4.75. The number of rotatable bonds is 0. The number of aliphatic hydroxyl groups is 2. The van der Waals surface area contributed by atoms with Gasteiger partial charge < -0.3 is 10.2 Å². The summed E-state index contributed by atoms with van der Waals surface area (Å²) in [5.41, 5.74) is -3.87. The van der Waals surface area contributed by atoms with Crippen LogP contribution in [0.3, 0.4) is 0 Å². The molecule has 0 aromatic carbocycles. The van der Waals surface area contributed by atoms with Gasteiger partial charge in [-0.15, -0.1) is 0 Å². The maximum atomic E-state index is 12.8. The van der Waals surface area contributed by atoms with Crippen molar-refractivity contribution in [3.05, 3.63) is 0 Å². The van der Waals surface area contributed by atoms with Crippen molar-refractivity contribution in [3.8, 4) is 0 Å². The van der Waals surface area contributed by atoms with E-state index in [-0.39, 0.29) is 0 Å². The maximum absolute atomic E-state index is 12.8. The van der Waals surface area contributed by atoms with Crippen LogP contribution in [0, 0.1) is 17.3 Å². The van der Waals surface area contributed by atoms with Crippen LogP contribution >= 0.6 is 0 Å². The Morgan fingerprint density at radius 2 is 1.35 bits per heavy atom. The van der Waals surface area contributed by atoms with Gasteiger partial charge >= 0.3 is 12.4 Å². The van der Waals surface area contributed by atoms with Crippen molar-refractivity contribution in [2.75, 3.05) is 0 Å². The van der Waals surface area contributed by atoms with E-state index in [2.05, 4.69) is 0 Å². The molecule has 2 bridgehead atoms. The van der Waals surface area contributed by atoms with Crippen LogP contribution < -0.4 is 0 Å². The summed E-state index contributed by atoms with van der Waals surface area (Å²) in [6.45, 7) is 0. The van der Waals surface area contributed by atoms with Gasteiger partial charge in [0.2, 0.25) is 0 Å². The van der Waals surface area contributed by atoms with Crippen molar-refractivity contribution >= 4 is 0 Å². The van der Waals surface area contributed by atoms with Crippen molar-refractivity contribution in [3.63, 3.8) is 0 Å². The summed E-state index contributed by atoms with van der Waals surface area (Å²) in [4.78, 5) is 0. The molecule has 0 aromatic rings. The zero-order valence-electron chi connectivity index (χ0n) is 8.39. The molecule has 0 saturated heterocycles. The van der Waals surface area contributed by atoms with Crippen LogP contribution in [-0.2, 0) is 0 Å². The lowest BCUT2D eigenvalue weighted by molar-refractivity contribution is -0.366. The number of hydrogen-bond donors (Lipinski definition) is 2. The molecule has 0 aromatic heterocycles. The third kappa shape index (κ3) is 1.43. The van der Waals surface area contributed by atoms with E-state index in [1.165, 1.54) is 0 Å². The second kappa shape index (κ2) is 3.28. The summed E-state index contributed by atoms with van der Waals surface area (Å²) < 4.78 is 76.5. The minimum Gasteiger partial charge on any atom is -0.390 e. The fourth-order valence-corrected chi connectivity index (χ4v) is 3.20. The number of fused-ring (bicyclic) bond motifs is 2. The molecule has 0 heterocycles. The lowest BCUT2D eigenvalue weighted by Gasteiger charge is -2.43. The highest BCUT2D eigenvalue weighted by Crippen LogP contribution is 2.68. The number of aliphatic hydroxyl groups excluding tert-OH is 2. The Bertz CT molecular complexity index is 306. The molecule has 100 valence electrons. The summed E-state index contributed by atoms with van der Waals surface area (Å²) >= 11 is 0. The number of halogens is 6. The van der Waals surface area contributed by atoms with Gasteiger partial charge in [0.1, 0.15) is 0 Å². The molecule has 4 unspecified atom stereocenters. The van der Waals surface area contributed by atoms with E-state index in [1.54, 1.807) is 0 Å². The molecule has 17 heavy (non-hydrogen) atoms. The maximum Gasteiger partial charge on any atom is 0.403 e. The zero-order valence-corrected chi connectivity index (χ0v) is 8.39. The van der Waals surface area contributed by atoms with Crippen LogP contribution in [0.2, 0.25) is 0 Å². The first-order valence-electron chi connectivity index (χ1n) is 5.02. The monoisotopic (exact) mass is 264 g/mol. The third-order valence-electron chi connectivity index (χ3n) is 4.03. The SMILES string of the molecule is OC1C2CC(C1O)C(C(F)(F)F)(C(F)(F)F)C2. The van der Waals surface area contributed by atoms with Gasteiger partial charge in [0, 0.05) is 5.92 Å². The van der Waals surface area contributed by atoms with Crippen LogP contribution in [0.25, 0.3) is 0 Å². The van der Waals surface area contributed by atoms with Crippen LogP contribution in [0.1, 0.15) is 12.8 Å². The van der Waals surface area contributed by atoms with E-state index >= 15 is 0 Å². The van der Waals surface area contributed by atoms with Gasteiger partial charge in [-0.25, -0.2) is 0 Å². The Labute approximate surface area is 92.2 Å². The predicted octanol–water partition coefficient (Wildman–Crippen LogP) is 1.86. The lowest BCUT2D eigenvalue weighted by atomic mass is 9.69. The highest BCUT2D eigenvalue weighted by molar-refractivity contribution is 5.14. The first-order chi connectivity index (χ1) is 7.52. The minimum atomic E-state index is -5.47. The van der Waals surface area contributed by atoms with Crippen LogP contribution in [0.5, 0.6) is 0 Å². The molecule has 8 heteroatoms. The second-order valence-electron chi connectivity index (χ2n) is 4.75. The molecule has 0 spiro atoms. The van der Waals surface area contributed by atoms with Gasteiger partial charge in [0.15, 0.2) is 5.41 Å². The van der Waals surface area contributed by atoms with Crippen molar-refractivity contribution in [2.24, 2.45) is 17.3 Å². The van der Waals surface area contributed by atoms with E-state index in [0.717, 1.165) is 0 Å². The summed E-state index contributed by atoms with van der Waals surface area (Å²) in [6.07, 6.45) is -16.0. The Hall–Kier alpha value is -0.500. The van der Waals surface area contributed by atoms with Gasteiger partial charge in [-0.1, -0.05) is 0 Å². The van der Waals surface area contributed by atoms with Crippen molar-refractivity contribution in [1.82, 2.24) is 0 Å². The molecule has 2 rings (SSSR count). The van der Waals surface area contributed by atoms with Gasteiger partial charge in [-0.3, -0.25) is 0 Å². The molecule has 2 saturated carbocycles. The first-order valence-corrected chi connectivity index (χ1v) is 5.02. The molecular formula is C9H10F6O2. The molecule has 2 aliphatic carbocycles. The Morgan fingerprint density at radius 3 is 1.65 bits per heavy atom. The molecular weight excluding hydrogens is 254 g/mol. The Kier molecular flexibility index (Phi) is 2.50. The van der Waals surface area contributed by atoms with Crippen LogP contribution in [-0.4, -0.2) is 34.8 Å². The molecule has 4 atom stereocenters. The van der Waals surface area contributed by atoms with E-state index in [1.807, 2.05) is 0 Å². The fourth-order valence-electron chi connectivity index (χ4n) is 3.20. The highest BCUT2D eigenvalue weighted by Gasteiger charge is 2.80. The summed E-state index contributed by atoms with van der Waals surface area (Å²) in [6, 6.07) is 0. The zero-order chi connectivity index (χ0) is 13.2. The highest BCUT2D eigenvalue weighted by atomic mass is 19.4. The predicted molar refractivity (Wildman–Crippen MR) is 42.8 cm³/mol. The molecule has 0 aliphatic heterocycles. The molecule has 0 radical (unpaired) electrons. The van der Waals surface area contributed by atoms with Gasteiger partial charge in [-0.2, -0.15) is 26.3 Å². The topological polar surface area (TPSA) is 40.5 Å². The molecule has 2 aliphatic rings. The van der Waals surface area contributed by atoms with Gasteiger partial charge in [0.25, 0.3) is 0 Å². The van der Waals surface area contributed by atoms with E-state index in [4.69, 9.17) is 0 Å². The van der Waals surface area contributed by atoms with Gasteiger partial charge in [-0.05, 0) is 18.8 Å². The van der Waals surface area contributed by atoms with Crippen LogP contribution in [0.4, 0.5) is 26.3 Å².